The second-order valence-corrected chi connectivity index (χ2v) is 4.96. The Labute approximate surface area is 132 Å². The fourth-order valence-corrected chi connectivity index (χ4v) is 2.07. The maximum absolute atomic E-state index is 10.9. The lowest BCUT2D eigenvalue weighted by Crippen LogP contribution is -2.32. The molecular formula is C17H16N2O4. The predicted octanol–water partition coefficient (Wildman–Crippen LogP) is 1.21. The average Bonchev–Trinajstić information content (AvgIpc) is 2.84. The maximum Gasteiger partial charge on any atom is 0.320 e. The lowest BCUT2D eigenvalue weighted by Gasteiger charge is -2.04. The van der Waals surface area contributed by atoms with Gasteiger partial charge in [-0.3, -0.25) is 19.7 Å². The highest BCUT2D eigenvalue weighted by Gasteiger charge is 2.25. The number of carbonyl (C=O) groups is 3. The molecule has 6 heteroatoms. The van der Waals surface area contributed by atoms with Gasteiger partial charge < -0.3 is 10.8 Å². The first-order chi connectivity index (χ1) is 11.0. The molecule has 0 spiro atoms. The summed E-state index contributed by atoms with van der Waals surface area (Å²) in [5, 5.41) is 10.7. The molecule has 2 aromatic rings. The lowest BCUT2D eigenvalue weighted by atomic mass is 10.1. The van der Waals surface area contributed by atoms with Crippen molar-refractivity contribution in [3.05, 3.63) is 71.3 Å². The molecule has 2 aromatic carbocycles. The third-order valence-corrected chi connectivity index (χ3v) is 3.26. The molecule has 1 aliphatic rings. The van der Waals surface area contributed by atoms with Crippen LogP contribution in [0.4, 0.5) is 0 Å². The quantitative estimate of drug-likeness (QED) is 0.738. The highest BCUT2D eigenvalue weighted by Crippen LogP contribution is 2.13. The van der Waals surface area contributed by atoms with Crippen molar-refractivity contribution >= 4 is 17.8 Å². The van der Waals surface area contributed by atoms with E-state index >= 15 is 0 Å². The summed E-state index contributed by atoms with van der Waals surface area (Å²) in [6, 6.07) is 15.3. The van der Waals surface area contributed by atoms with Crippen LogP contribution in [0.1, 0.15) is 26.3 Å². The van der Waals surface area contributed by atoms with Gasteiger partial charge in [0.2, 0.25) is 0 Å². The molecule has 6 nitrogen and oxygen atoms in total. The van der Waals surface area contributed by atoms with Gasteiger partial charge in [0.05, 0.1) is 11.1 Å². The van der Waals surface area contributed by atoms with Gasteiger partial charge >= 0.3 is 5.97 Å². The van der Waals surface area contributed by atoms with Gasteiger partial charge in [-0.25, -0.2) is 0 Å². The second-order valence-electron chi connectivity index (χ2n) is 4.96. The van der Waals surface area contributed by atoms with Crippen molar-refractivity contribution in [3.8, 4) is 0 Å². The zero-order valence-electron chi connectivity index (χ0n) is 12.2. The molecule has 0 fully saturated rings. The molecule has 1 aliphatic heterocycles. The van der Waals surface area contributed by atoms with E-state index in [1.54, 1.807) is 24.3 Å². The van der Waals surface area contributed by atoms with Gasteiger partial charge in [-0.15, -0.1) is 0 Å². The molecular weight excluding hydrogens is 296 g/mol. The number of carboxylic acids is 1. The number of carbonyl (C=O) groups excluding carboxylic acids is 2. The molecule has 0 bridgehead atoms. The Hall–Kier alpha value is -2.99. The number of aliphatic carboxylic acids is 1. The van der Waals surface area contributed by atoms with Crippen molar-refractivity contribution in [2.24, 2.45) is 5.73 Å². The van der Waals surface area contributed by atoms with Gasteiger partial charge in [0.1, 0.15) is 6.04 Å². The fourth-order valence-electron chi connectivity index (χ4n) is 2.07. The number of rotatable bonds is 3. The molecule has 0 radical (unpaired) electrons. The van der Waals surface area contributed by atoms with Crippen molar-refractivity contribution in [1.82, 2.24) is 5.32 Å². The van der Waals surface area contributed by atoms with Gasteiger partial charge in [-0.05, 0) is 24.1 Å². The van der Waals surface area contributed by atoms with Crippen molar-refractivity contribution in [2.45, 2.75) is 12.5 Å². The Morgan fingerprint density at radius 3 is 1.91 bits per heavy atom. The smallest absolute Gasteiger partial charge is 0.320 e. The summed E-state index contributed by atoms with van der Waals surface area (Å²) in [5.74, 6) is -1.56. The second kappa shape index (κ2) is 7.33. The number of carboxylic acid groups (broad SMARTS) is 1. The minimum atomic E-state index is -0.959. The van der Waals surface area contributed by atoms with Crippen LogP contribution in [0.3, 0.4) is 0 Å². The number of imide groups is 1. The van der Waals surface area contributed by atoms with E-state index in [1.165, 1.54) is 0 Å². The van der Waals surface area contributed by atoms with E-state index in [4.69, 9.17) is 10.8 Å². The van der Waals surface area contributed by atoms with E-state index in [2.05, 4.69) is 5.32 Å². The molecule has 1 atom stereocenters. The molecule has 0 saturated heterocycles. The minimum absolute atomic E-state index is 0.300. The van der Waals surface area contributed by atoms with Crippen molar-refractivity contribution in [3.63, 3.8) is 0 Å². The molecule has 1 unspecified atom stereocenters. The number of fused-ring (bicyclic) bond motifs is 1. The highest BCUT2D eigenvalue weighted by atomic mass is 16.4. The SMILES string of the molecule is NC(Cc1ccccc1)C(=O)O.O=C1NC(=O)c2ccccc21. The van der Waals surface area contributed by atoms with Crippen molar-refractivity contribution in [1.29, 1.82) is 0 Å². The molecule has 1 heterocycles. The van der Waals surface area contributed by atoms with Gasteiger partial charge in [0, 0.05) is 0 Å². The largest absolute Gasteiger partial charge is 0.480 e. The van der Waals surface area contributed by atoms with E-state index in [1.807, 2.05) is 30.3 Å². The first kappa shape index (κ1) is 16.4. The maximum atomic E-state index is 10.9. The normalized spacial score (nSPS) is 13.4. The Bertz CT molecular complexity index is 695. The summed E-state index contributed by atoms with van der Waals surface area (Å²) in [6.45, 7) is 0. The summed E-state index contributed by atoms with van der Waals surface area (Å²) < 4.78 is 0. The molecule has 118 valence electrons. The summed E-state index contributed by atoms with van der Waals surface area (Å²) >= 11 is 0. The van der Waals surface area contributed by atoms with E-state index in [0.717, 1.165) is 5.56 Å². The number of amides is 2. The molecule has 2 amide bonds. The topological polar surface area (TPSA) is 109 Å². The Balaban J connectivity index is 0.000000167. The van der Waals surface area contributed by atoms with Gasteiger partial charge in [-0.2, -0.15) is 0 Å². The summed E-state index contributed by atoms with van der Waals surface area (Å²) in [6.07, 6.45) is 0.385. The van der Waals surface area contributed by atoms with Crippen LogP contribution in [0.2, 0.25) is 0 Å². The molecule has 3 rings (SSSR count). The molecule has 0 aromatic heterocycles. The third-order valence-electron chi connectivity index (χ3n) is 3.26. The number of hydrogen-bond donors (Lipinski definition) is 3. The van der Waals surface area contributed by atoms with Crippen LogP contribution >= 0.6 is 0 Å². The van der Waals surface area contributed by atoms with Crippen LogP contribution in [0.25, 0.3) is 0 Å². The van der Waals surface area contributed by atoms with E-state index in [-0.39, 0.29) is 11.8 Å². The summed E-state index contributed by atoms with van der Waals surface area (Å²) in [4.78, 5) is 32.3. The van der Waals surface area contributed by atoms with Crippen molar-refractivity contribution in [2.75, 3.05) is 0 Å². The van der Waals surface area contributed by atoms with Gasteiger partial charge in [0.15, 0.2) is 0 Å². The van der Waals surface area contributed by atoms with Crippen LogP contribution in [0.15, 0.2) is 54.6 Å². The van der Waals surface area contributed by atoms with Crippen LogP contribution in [-0.4, -0.2) is 28.9 Å². The van der Waals surface area contributed by atoms with Crippen LogP contribution < -0.4 is 11.1 Å². The molecule has 0 aliphatic carbocycles. The minimum Gasteiger partial charge on any atom is -0.480 e. The summed E-state index contributed by atoms with van der Waals surface area (Å²) in [5.41, 5.74) is 7.24. The Kier molecular flexibility index (Phi) is 5.22. The molecule has 0 saturated carbocycles. The van der Waals surface area contributed by atoms with Crippen LogP contribution in [0.5, 0.6) is 0 Å². The number of nitrogens with one attached hydrogen (secondary N) is 1. The third kappa shape index (κ3) is 4.24. The highest BCUT2D eigenvalue weighted by molar-refractivity contribution is 6.21. The van der Waals surface area contributed by atoms with Gasteiger partial charge in [-0.1, -0.05) is 42.5 Å². The zero-order valence-corrected chi connectivity index (χ0v) is 12.2. The fraction of sp³-hybridized carbons (Fsp3) is 0.118. The van der Waals surface area contributed by atoms with E-state index < -0.39 is 12.0 Å². The average molecular weight is 312 g/mol. The zero-order chi connectivity index (χ0) is 16.8. The van der Waals surface area contributed by atoms with Crippen LogP contribution in [-0.2, 0) is 11.2 Å². The molecule has 23 heavy (non-hydrogen) atoms. The molecule has 4 N–H and O–H groups in total. The Morgan fingerprint density at radius 2 is 1.43 bits per heavy atom. The number of benzene rings is 2. The van der Waals surface area contributed by atoms with Crippen molar-refractivity contribution < 1.29 is 19.5 Å². The van der Waals surface area contributed by atoms with Crippen LogP contribution in [0, 0.1) is 0 Å². The lowest BCUT2D eigenvalue weighted by molar-refractivity contribution is -0.138. The van der Waals surface area contributed by atoms with E-state index in [9.17, 15) is 14.4 Å². The van der Waals surface area contributed by atoms with E-state index in [0.29, 0.717) is 17.5 Å². The summed E-state index contributed by atoms with van der Waals surface area (Å²) in [7, 11) is 0. The first-order valence-corrected chi connectivity index (χ1v) is 6.96. The first-order valence-electron chi connectivity index (χ1n) is 6.96. The number of hydrogen-bond acceptors (Lipinski definition) is 4. The van der Waals surface area contributed by atoms with Gasteiger partial charge in [0.25, 0.3) is 11.8 Å². The number of nitrogens with two attached hydrogens (primary N) is 1. The Morgan fingerprint density at radius 1 is 0.957 bits per heavy atom. The predicted molar refractivity (Wildman–Crippen MR) is 84.0 cm³/mol. The monoisotopic (exact) mass is 312 g/mol. The standard InChI is InChI=1S/C9H11NO2.C8H5NO2/c10-8(9(11)12)6-7-4-2-1-3-5-7;10-7-5-3-1-2-4-6(5)8(11)9-7/h1-5,8H,6,10H2,(H,11,12);1-4H,(H,9,10,11).